The molecule has 2 aromatic heterocycles. The number of anilines is 1. The van der Waals surface area contributed by atoms with Crippen LogP contribution in [0.3, 0.4) is 0 Å². The lowest BCUT2D eigenvalue weighted by Gasteiger charge is -2.34. The summed E-state index contributed by atoms with van der Waals surface area (Å²) in [7, 11) is 0. The second-order valence-electron chi connectivity index (χ2n) is 4.94. The number of hydrogen-bond donors (Lipinski definition) is 0. The van der Waals surface area contributed by atoms with Crippen molar-refractivity contribution in [2.24, 2.45) is 0 Å². The fraction of sp³-hybridized carbons (Fsp3) is 0.400. The van der Waals surface area contributed by atoms with Gasteiger partial charge < -0.3 is 9.64 Å². The lowest BCUT2D eigenvalue weighted by Crippen LogP contribution is -2.38. The van der Waals surface area contributed by atoms with Crippen molar-refractivity contribution < 1.29 is 4.74 Å². The van der Waals surface area contributed by atoms with E-state index in [0.717, 1.165) is 24.3 Å². The third-order valence-corrected chi connectivity index (χ3v) is 3.67. The first-order valence-electron chi connectivity index (χ1n) is 7.05. The van der Waals surface area contributed by atoms with Gasteiger partial charge in [0.05, 0.1) is 24.1 Å². The highest BCUT2D eigenvalue weighted by Crippen LogP contribution is 2.27. The second kappa shape index (κ2) is 5.94. The summed E-state index contributed by atoms with van der Waals surface area (Å²) in [4.78, 5) is 6.19. The minimum absolute atomic E-state index is 0.0150. The molecule has 0 unspecified atom stereocenters. The fourth-order valence-electron chi connectivity index (χ4n) is 2.54. The number of aromatic nitrogens is 3. The zero-order valence-electron chi connectivity index (χ0n) is 11.9. The average Bonchev–Trinajstić information content (AvgIpc) is 3.04. The summed E-state index contributed by atoms with van der Waals surface area (Å²) in [6, 6.07) is 4.08. The van der Waals surface area contributed by atoms with Crippen molar-refractivity contribution in [2.45, 2.75) is 19.6 Å². The molecule has 1 saturated heterocycles. The molecule has 0 spiro atoms. The second-order valence-corrected chi connectivity index (χ2v) is 4.94. The van der Waals surface area contributed by atoms with Crippen molar-refractivity contribution >= 4 is 5.69 Å². The smallest absolute Gasteiger partial charge is 0.103 e. The Bertz CT molecular complexity index is 660. The van der Waals surface area contributed by atoms with Crippen LogP contribution in [0.25, 0.3) is 0 Å². The first-order valence-corrected chi connectivity index (χ1v) is 7.05. The molecular formula is C15H17N5O. The summed E-state index contributed by atoms with van der Waals surface area (Å²) in [5.41, 5.74) is 2.60. The molecule has 0 bridgehead atoms. The minimum Gasteiger partial charge on any atom is -0.370 e. The quantitative estimate of drug-likeness (QED) is 0.858. The van der Waals surface area contributed by atoms with Crippen LogP contribution in [0, 0.1) is 11.3 Å². The van der Waals surface area contributed by atoms with Gasteiger partial charge in [0.25, 0.3) is 0 Å². The predicted octanol–water partition coefficient (Wildman–Crippen LogP) is 1.75. The van der Waals surface area contributed by atoms with Crippen LogP contribution in [0.1, 0.15) is 24.2 Å². The van der Waals surface area contributed by atoms with E-state index in [1.54, 1.807) is 12.4 Å². The fourth-order valence-corrected chi connectivity index (χ4v) is 2.54. The Labute approximate surface area is 123 Å². The van der Waals surface area contributed by atoms with Crippen LogP contribution < -0.4 is 4.90 Å². The first-order chi connectivity index (χ1) is 10.3. The van der Waals surface area contributed by atoms with Crippen molar-refractivity contribution in [3.63, 3.8) is 0 Å². The molecule has 2 aromatic rings. The zero-order chi connectivity index (χ0) is 14.7. The molecule has 0 saturated carbocycles. The molecule has 0 N–H and O–H groups in total. The Morgan fingerprint density at radius 3 is 3.14 bits per heavy atom. The van der Waals surface area contributed by atoms with Crippen molar-refractivity contribution in [3.8, 4) is 6.07 Å². The van der Waals surface area contributed by atoms with E-state index in [-0.39, 0.29) is 6.10 Å². The summed E-state index contributed by atoms with van der Waals surface area (Å²) in [6.45, 7) is 5.03. The highest BCUT2D eigenvalue weighted by Gasteiger charge is 2.24. The van der Waals surface area contributed by atoms with E-state index in [0.29, 0.717) is 18.7 Å². The van der Waals surface area contributed by atoms with Gasteiger partial charge in [-0.3, -0.25) is 9.67 Å². The highest BCUT2D eigenvalue weighted by atomic mass is 16.5. The number of rotatable bonds is 3. The van der Waals surface area contributed by atoms with E-state index in [9.17, 15) is 5.26 Å². The summed E-state index contributed by atoms with van der Waals surface area (Å²) < 4.78 is 7.75. The van der Waals surface area contributed by atoms with E-state index < -0.39 is 0 Å². The molecule has 108 valence electrons. The molecule has 3 rings (SSSR count). The Kier molecular flexibility index (Phi) is 3.84. The summed E-state index contributed by atoms with van der Waals surface area (Å²) >= 11 is 0. The molecule has 1 aliphatic rings. The Morgan fingerprint density at radius 1 is 1.48 bits per heavy atom. The highest BCUT2D eigenvalue weighted by molar-refractivity contribution is 5.58. The number of aryl methyl sites for hydroxylation is 1. The van der Waals surface area contributed by atoms with E-state index in [4.69, 9.17) is 4.74 Å². The number of pyridine rings is 1. The van der Waals surface area contributed by atoms with Crippen molar-refractivity contribution in [1.29, 1.82) is 5.26 Å². The number of morpholine rings is 1. The molecule has 1 fully saturated rings. The monoisotopic (exact) mass is 283 g/mol. The Morgan fingerprint density at radius 2 is 2.38 bits per heavy atom. The van der Waals surface area contributed by atoms with Gasteiger partial charge in [-0.05, 0) is 13.0 Å². The molecule has 0 aromatic carbocycles. The number of ether oxygens (including phenoxy) is 1. The largest absolute Gasteiger partial charge is 0.370 e. The van der Waals surface area contributed by atoms with Gasteiger partial charge in [0.2, 0.25) is 0 Å². The van der Waals surface area contributed by atoms with E-state index in [1.165, 1.54) is 0 Å². The minimum atomic E-state index is -0.0150. The van der Waals surface area contributed by atoms with Crippen molar-refractivity contribution in [3.05, 3.63) is 42.0 Å². The van der Waals surface area contributed by atoms with Crippen LogP contribution in [-0.2, 0) is 11.3 Å². The van der Waals surface area contributed by atoms with Gasteiger partial charge in [0, 0.05) is 43.8 Å². The SMILES string of the molecule is CCn1cc([C@@H]2CN(c3ccncc3C#N)CCO2)cn1. The van der Waals surface area contributed by atoms with Crippen LogP contribution in [0.15, 0.2) is 30.9 Å². The standard InChI is InChI=1S/C15H17N5O/c1-2-20-10-13(9-18-20)15-11-19(5-6-21-15)14-3-4-17-8-12(14)7-16/h3-4,8-10,15H,2,5-6,11H2,1H3/t15-/m0/s1. The molecule has 0 radical (unpaired) electrons. The van der Waals surface area contributed by atoms with E-state index in [1.807, 2.05) is 23.1 Å². The van der Waals surface area contributed by atoms with Gasteiger partial charge in [0.1, 0.15) is 12.2 Å². The van der Waals surface area contributed by atoms with Gasteiger partial charge in [0.15, 0.2) is 0 Å². The van der Waals surface area contributed by atoms with Crippen LogP contribution in [0.5, 0.6) is 0 Å². The maximum Gasteiger partial charge on any atom is 0.103 e. The van der Waals surface area contributed by atoms with Crippen LogP contribution in [0.2, 0.25) is 0 Å². The average molecular weight is 283 g/mol. The van der Waals surface area contributed by atoms with Crippen LogP contribution in [0.4, 0.5) is 5.69 Å². The topological polar surface area (TPSA) is 67.0 Å². The molecular weight excluding hydrogens is 266 g/mol. The number of nitriles is 1. The van der Waals surface area contributed by atoms with E-state index in [2.05, 4.69) is 28.0 Å². The van der Waals surface area contributed by atoms with Gasteiger partial charge >= 0.3 is 0 Å². The van der Waals surface area contributed by atoms with Crippen molar-refractivity contribution in [1.82, 2.24) is 14.8 Å². The van der Waals surface area contributed by atoms with Gasteiger partial charge in [-0.2, -0.15) is 10.4 Å². The van der Waals surface area contributed by atoms with Gasteiger partial charge in [-0.15, -0.1) is 0 Å². The third kappa shape index (κ3) is 2.73. The number of hydrogen-bond acceptors (Lipinski definition) is 5. The predicted molar refractivity (Wildman–Crippen MR) is 77.8 cm³/mol. The van der Waals surface area contributed by atoms with Crippen LogP contribution >= 0.6 is 0 Å². The molecule has 21 heavy (non-hydrogen) atoms. The third-order valence-electron chi connectivity index (χ3n) is 3.67. The summed E-state index contributed by atoms with van der Waals surface area (Å²) in [5, 5.41) is 13.5. The molecule has 3 heterocycles. The van der Waals surface area contributed by atoms with Crippen molar-refractivity contribution in [2.75, 3.05) is 24.6 Å². The molecule has 0 amide bonds. The normalized spacial score (nSPS) is 18.5. The van der Waals surface area contributed by atoms with Gasteiger partial charge in [-0.25, -0.2) is 0 Å². The van der Waals surface area contributed by atoms with Gasteiger partial charge in [-0.1, -0.05) is 0 Å². The molecule has 6 nitrogen and oxygen atoms in total. The maximum atomic E-state index is 9.21. The molecule has 1 atom stereocenters. The lowest BCUT2D eigenvalue weighted by molar-refractivity contribution is 0.0397. The molecule has 0 aliphatic carbocycles. The first kappa shape index (κ1) is 13.6. The summed E-state index contributed by atoms with van der Waals surface area (Å²) in [6.07, 6.45) is 7.19. The van der Waals surface area contributed by atoms with Crippen LogP contribution in [-0.4, -0.2) is 34.5 Å². The lowest BCUT2D eigenvalue weighted by atomic mass is 10.1. The zero-order valence-corrected chi connectivity index (χ0v) is 11.9. The Balaban J connectivity index is 1.81. The number of nitrogens with zero attached hydrogens (tertiary/aromatic N) is 5. The Hall–Kier alpha value is -2.39. The summed E-state index contributed by atoms with van der Waals surface area (Å²) in [5.74, 6) is 0. The maximum absolute atomic E-state index is 9.21. The van der Waals surface area contributed by atoms with E-state index >= 15 is 0 Å². The molecule has 1 aliphatic heterocycles. The molecule has 6 heteroatoms.